The van der Waals surface area contributed by atoms with E-state index in [-0.39, 0.29) is 0 Å². The van der Waals surface area contributed by atoms with Gasteiger partial charge >= 0.3 is 0 Å². The maximum atomic E-state index is 3.65. The van der Waals surface area contributed by atoms with Crippen molar-refractivity contribution in [2.45, 2.75) is 0 Å². The summed E-state index contributed by atoms with van der Waals surface area (Å²) in [6, 6.07) is 54.4. The van der Waals surface area contributed by atoms with Crippen molar-refractivity contribution in [3.8, 4) is 16.8 Å². The Hall–Kier alpha value is -5.34. The van der Waals surface area contributed by atoms with Crippen LogP contribution < -0.4 is 5.32 Å². The molecule has 0 saturated heterocycles. The third kappa shape index (κ3) is 3.65. The number of anilines is 2. The van der Waals surface area contributed by atoms with Crippen molar-refractivity contribution in [2.24, 2.45) is 0 Å². The van der Waals surface area contributed by atoms with E-state index < -0.39 is 0 Å². The lowest BCUT2D eigenvalue weighted by molar-refractivity contribution is 1.20. The monoisotopic (exact) mass is 510 g/mol. The third-order valence-electron chi connectivity index (χ3n) is 7.94. The van der Waals surface area contributed by atoms with Gasteiger partial charge in [0.15, 0.2) is 0 Å². The second kappa shape index (κ2) is 9.14. The molecule has 0 fully saturated rings. The van der Waals surface area contributed by atoms with Crippen LogP contribution in [0, 0.1) is 0 Å². The molecule has 1 aromatic heterocycles. The van der Waals surface area contributed by atoms with Crippen LogP contribution in [-0.4, -0.2) is 4.57 Å². The van der Waals surface area contributed by atoms with Crippen molar-refractivity contribution >= 4 is 54.7 Å². The first-order chi connectivity index (χ1) is 19.8. The molecule has 0 atom stereocenters. The highest BCUT2D eigenvalue weighted by atomic mass is 15.0. The normalized spacial score (nSPS) is 11.5. The average molecular weight is 511 g/mol. The zero-order chi connectivity index (χ0) is 26.5. The van der Waals surface area contributed by atoms with Gasteiger partial charge in [0.2, 0.25) is 0 Å². The summed E-state index contributed by atoms with van der Waals surface area (Å²) in [4.78, 5) is 0. The summed E-state index contributed by atoms with van der Waals surface area (Å²) in [6.45, 7) is 0. The zero-order valence-electron chi connectivity index (χ0n) is 21.9. The van der Waals surface area contributed by atoms with E-state index in [4.69, 9.17) is 0 Å². The quantitative estimate of drug-likeness (QED) is 0.233. The van der Waals surface area contributed by atoms with E-state index in [0.717, 1.165) is 11.4 Å². The van der Waals surface area contributed by atoms with Gasteiger partial charge in [-0.3, -0.25) is 0 Å². The molecule has 0 aliphatic carbocycles. The molecular weight excluding hydrogens is 484 g/mol. The fourth-order valence-corrected chi connectivity index (χ4v) is 6.07. The average Bonchev–Trinajstić information content (AvgIpc) is 3.35. The molecule has 0 aliphatic heterocycles. The molecule has 7 aromatic carbocycles. The summed E-state index contributed by atoms with van der Waals surface area (Å²) >= 11 is 0. The van der Waals surface area contributed by atoms with E-state index >= 15 is 0 Å². The lowest BCUT2D eigenvalue weighted by Crippen LogP contribution is -1.97. The molecule has 8 rings (SSSR count). The van der Waals surface area contributed by atoms with Crippen molar-refractivity contribution in [2.75, 3.05) is 5.32 Å². The number of nitrogens with zero attached hydrogens (tertiary/aromatic N) is 1. The molecule has 0 aliphatic rings. The number of benzene rings is 7. The van der Waals surface area contributed by atoms with Crippen LogP contribution in [0.25, 0.3) is 60.2 Å². The Morgan fingerprint density at radius 2 is 0.975 bits per heavy atom. The van der Waals surface area contributed by atoms with Gasteiger partial charge in [-0.1, -0.05) is 115 Å². The fraction of sp³-hybridized carbons (Fsp3) is 0. The van der Waals surface area contributed by atoms with E-state index in [1.165, 1.54) is 60.2 Å². The first-order valence-corrected chi connectivity index (χ1v) is 13.7. The Morgan fingerprint density at radius 1 is 0.375 bits per heavy atom. The van der Waals surface area contributed by atoms with Gasteiger partial charge < -0.3 is 9.88 Å². The fourth-order valence-electron chi connectivity index (χ4n) is 6.07. The standard InChI is InChI=1S/C38H26N2/c1-2-10-26(11-3-1)27-18-20-29(21-19-27)39-30-22-23-35-34-16-8-9-17-36(34)40(38(35)25-30)37-24-28-12-4-5-13-31(28)32-14-6-7-15-33(32)37/h1-25,39H. The van der Waals surface area contributed by atoms with Crippen LogP contribution in [0.3, 0.4) is 0 Å². The third-order valence-corrected chi connectivity index (χ3v) is 7.94. The Labute approximate surface area is 232 Å². The zero-order valence-corrected chi connectivity index (χ0v) is 21.9. The van der Waals surface area contributed by atoms with Crippen LogP contribution in [0.2, 0.25) is 0 Å². The number of hydrogen-bond acceptors (Lipinski definition) is 1. The number of rotatable bonds is 4. The van der Waals surface area contributed by atoms with Gasteiger partial charge in [-0.2, -0.15) is 0 Å². The maximum Gasteiger partial charge on any atom is 0.0562 e. The summed E-state index contributed by atoms with van der Waals surface area (Å²) in [5.74, 6) is 0. The van der Waals surface area contributed by atoms with Crippen molar-refractivity contribution in [3.63, 3.8) is 0 Å². The van der Waals surface area contributed by atoms with Crippen LogP contribution >= 0.6 is 0 Å². The van der Waals surface area contributed by atoms with E-state index in [1.54, 1.807) is 0 Å². The molecule has 188 valence electrons. The predicted octanol–water partition coefficient (Wildman–Crippen LogP) is 10.5. The summed E-state index contributed by atoms with van der Waals surface area (Å²) in [5.41, 5.74) is 8.17. The predicted molar refractivity (Wildman–Crippen MR) is 171 cm³/mol. The highest BCUT2D eigenvalue weighted by Crippen LogP contribution is 2.38. The molecule has 0 amide bonds. The lowest BCUT2D eigenvalue weighted by atomic mass is 10.00. The Kier molecular flexibility index (Phi) is 5.17. The van der Waals surface area contributed by atoms with Crippen LogP contribution in [0.15, 0.2) is 152 Å². The minimum atomic E-state index is 1.06. The minimum Gasteiger partial charge on any atom is -0.355 e. The lowest BCUT2D eigenvalue weighted by Gasteiger charge is -2.15. The minimum absolute atomic E-state index is 1.06. The largest absolute Gasteiger partial charge is 0.355 e. The van der Waals surface area contributed by atoms with E-state index in [0.29, 0.717) is 0 Å². The Bertz CT molecular complexity index is 2170. The molecule has 1 heterocycles. The molecule has 2 nitrogen and oxygen atoms in total. The number of hydrogen-bond donors (Lipinski definition) is 1. The van der Waals surface area contributed by atoms with Crippen molar-refractivity contribution in [1.29, 1.82) is 0 Å². The van der Waals surface area contributed by atoms with Crippen molar-refractivity contribution in [1.82, 2.24) is 4.57 Å². The van der Waals surface area contributed by atoms with E-state index in [2.05, 4.69) is 162 Å². The molecule has 2 heteroatoms. The summed E-state index contributed by atoms with van der Waals surface area (Å²) < 4.78 is 2.43. The van der Waals surface area contributed by atoms with Gasteiger partial charge in [0.05, 0.1) is 16.7 Å². The number of fused-ring (bicyclic) bond motifs is 6. The number of aromatic nitrogens is 1. The summed E-state index contributed by atoms with van der Waals surface area (Å²) in [7, 11) is 0. The van der Waals surface area contributed by atoms with Crippen LogP contribution in [0.5, 0.6) is 0 Å². The van der Waals surface area contributed by atoms with Gasteiger partial charge in [0.25, 0.3) is 0 Å². The van der Waals surface area contributed by atoms with Gasteiger partial charge in [-0.05, 0) is 63.7 Å². The molecule has 8 aromatic rings. The first-order valence-electron chi connectivity index (χ1n) is 13.7. The van der Waals surface area contributed by atoms with Gasteiger partial charge in [-0.15, -0.1) is 0 Å². The topological polar surface area (TPSA) is 17.0 Å². The second-order valence-corrected chi connectivity index (χ2v) is 10.3. The maximum absolute atomic E-state index is 3.65. The number of nitrogens with one attached hydrogen (secondary N) is 1. The van der Waals surface area contributed by atoms with Crippen LogP contribution in [-0.2, 0) is 0 Å². The van der Waals surface area contributed by atoms with Gasteiger partial charge in [-0.25, -0.2) is 0 Å². The summed E-state index contributed by atoms with van der Waals surface area (Å²) in [6.07, 6.45) is 0. The first kappa shape index (κ1) is 22.6. The van der Waals surface area contributed by atoms with Crippen LogP contribution in [0.4, 0.5) is 11.4 Å². The Balaban J connectivity index is 1.30. The van der Waals surface area contributed by atoms with Crippen molar-refractivity contribution in [3.05, 3.63) is 152 Å². The molecule has 40 heavy (non-hydrogen) atoms. The second-order valence-electron chi connectivity index (χ2n) is 10.3. The highest BCUT2D eigenvalue weighted by Gasteiger charge is 2.16. The van der Waals surface area contributed by atoms with E-state index in [1.807, 2.05) is 0 Å². The van der Waals surface area contributed by atoms with Crippen molar-refractivity contribution < 1.29 is 0 Å². The van der Waals surface area contributed by atoms with Crippen LogP contribution in [0.1, 0.15) is 0 Å². The number of para-hydroxylation sites is 1. The molecule has 0 bridgehead atoms. The van der Waals surface area contributed by atoms with Gasteiger partial charge in [0.1, 0.15) is 0 Å². The molecule has 0 radical (unpaired) electrons. The molecule has 0 saturated carbocycles. The molecule has 0 spiro atoms. The SMILES string of the molecule is c1ccc(-c2ccc(Nc3ccc4c5ccccc5n(-c5cc6ccccc6c6ccccc56)c4c3)cc2)cc1. The Morgan fingerprint density at radius 3 is 1.80 bits per heavy atom. The molecular formula is C38H26N2. The smallest absolute Gasteiger partial charge is 0.0562 e. The molecule has 1 N–H and O–H groups in total. The molecule has 0 unspecified atom stereocenters. The van der Waals surface area contributed by atoms with E-state index in [9.17, 15) is 0 Å². The summed E-state index contributed by atoms with van der Waals surface area (Å²) in [5, 5.41) is 11.2. The van der Waals surface area contributed by atoms with Gasteiger partial charge in [0, 0.05) is 27.5 Å². The highest BCUT2D eigenvalue weighted by molar-refractivity contribution is 6.15.